The van der Waals surface area contributed by atoms with Crippen molar-refractivity contribution in [3.8, 4) is 0 Å². The predicted octanol–water partition coefficient (Wildman–Crippen LogP) is 1.46. The fraction of sp³-hybridized carbons (Fsp3) is 0.667. The Kier molecular flexibility index (Phi) is 4.26. The second kappa shape index (κ2) is 6.18. The van der Waals surface area contributed by atoms with E-state index in [1.165, 1.54) is 0 Å². The highest BCUT2D eigenvalue weighted by molar-refractivity contribution is 5.06. The normalized spacial score (nSPS) is 20.4. The Balaban J connectivity index is 1.57. The zero-order chi connectivity index (χ0) is 15.6. The molecule has 0 N–H and O–H groups in total. The van der Waals surface area contributed by atoms with E-state index in [-0.39, 0.29) is 11.5 Å². The summed E-state index contributed by atoms with van der Waals surface area (Å²) in [6.45, 7) is 10.3. The molecule has 0 spiro atoms. The molecule has 0 radical (unpaired) electrons. The fourth-order valence-electron chi connectivity index (χ4n) is 2.49. The Morgan fingerprint density at radius 2 is 2.23 bits per heavy atom. The molecule has 1 saturated heterocycles. The summed E-state index contributed by atoms with van der Waals surface area (Å²) in [5, 5.41) is 4.13. The van der Waals surface area contributed by atoms with Crippen LogP contribution in [-0.2, 0) is 23.2 Å². The van der Waals surface area contributed by atoms with E-state index in [0.717, 1.165) is 31.3 Å². The summed E-state index contributed by atoms with van der Waals surface area (Å²) in [5.41, 5.74) is -0.00805. The molecular formula is C15H23N5O2. The van der Waals surface area contributed by atoms with Gasteiger partial charge in [-0.2, -0.15) is 5.10 Å². The molecule has 0 amide bonds. The van der Waals surface area contributed by atoms with E-state index in [1.54, 1.807) is 17.3 Å². The van der Waals surface area contributed by atoms with Crippen LogP contribution in [0.5, 0.6) is 0 Å². The molecule has 0 aliphatic carbocycles. The van der Waals surface area contributed by atoms with Gasteiger partial charge in [0.05, 0.1) is 32.0 Å². The molecule has 1 fully saturated rings. The van der Waals surface area contributed by atoms with Crippen molar-refractivity contribution in [2.24, 2.45) is 0 Å². The van der Waals surface area contributed by atoms with Gasteiger partial charge in [-0.3, -0.25) is 9.58 Å². The van der Waals surface area contributed by atoms with Gasteiger partial charge >= 0.3 is 0 Å². The third-order valence-electron chi connectivity index (χ3n) is 3.73. The van der Waals surface area contributed by atoms with Crippen molar-refractivity contribution < 1.29 is 9.15 Å². The predicted molar refractivity (Wildman–Crippen MR) is 80.2 cm³/mol. The molecule has 0 aromatic carbocycles. The highest BCUT2D eigenvalue weighted by Gasteiger charge is 2.24. The van der Waals surface area contributed by atoms with Crippen LogP contribution >= 0.6 is 0 Å². The molecule has 22 heavy (non-hydrogen) atoms. The molecule has 3 rings (SSSR count). The van der Waals surface area contributed by atoms with Gasteiger partial charge in [-0.1, -0.05) is 20.8 Å². The second-order valence-electron chi connectivity index (χ2n) is 6.71. The molecule has 0 saturated carbocycles. The Labute approximate surface area is 130 Å². The maximum absolute atomic E-state index is 5.87. The average Bonchev–Trinajstić information content (AvgIpc) is 3.10. The van der Waals surface area contributed by atoms with E-state index in [1.807, 2.05) is 6.20 Å². The van der Waals surface area contributed by atoms with Crippen LogP contribution in [0.3, 0.4) is 0 Å². The van der Waals surface area contributed by atoms with E-state index in [4.69, 9.17) is 9.15 Å². The van der Waals surface area contributed by atoms with E-state index in [9.17, 15) is 0 Å². The van der Waals surface area contributed by atoms with Crippen LogP contribution in [0.1, 0.15) is 32.4 Å². The topological polar surface area (TPSA) is 69.2 Å². The molecule has 7 heteroatoms. The first-order valence-electron chi connectivity index (χ1n) is 7.62. The molecule has 1 aliphatic rings. The Morgan fingerprint density at radius 3 is 2.91 bits per heavy atom. The number of aromatic nitrogens is 4. The molecular weight excluding hydrogens is 282 g/mol. The number of oxazole rings is 1. The average molecular weight is 305 g/mol. The maximum atomic E-state index is 5.87. The van der Waals surface area contributed by atoms with Gasteiger partial charge in [-0.15, -0.1) is 0 Å². The smallest absolute Gasteiger partial charge is 0.208 e. The molecule has 120 valence electrons. The van der Waals surface area contributed by atoms with Crippen LogP contribution < -0.4 is 0 Å². The lowest BCUT2D eigenvalue weighted by atomic mass is 9.94. The summed E-state index contributed by atoms with van der Waals surface area (Å²) in [4.78, 5) is 10.7. The van der Waals surface area contributed by atoms with Crippen molar-refractivity contribution in [1.82, 2.24) is 24.6 Å². The zero-order valence-electron chi connectivity index (χ0n) is 13.4. The molecule has 1 atom stereocenters. The van der Waals surface area contributed by atoms with Crippen LogP contribution in [0.4, 0.5) is 0 Å². The van der Waals surface area contributed by atoms with Crippen molar-refractivity contribution in [3.05, 3.63) is 30.5 Å². The first kappa shape index (κ1) is 15.2. The van der Waals surface area contributed by atoms with Gasteiger partial charge in [0.2, 0.25) is 5.89 Å². The van der Waals surface area contributed by atoms with E-state index < -0.39 is 0 Å². The minimum atomic E-state index is -0.00805. The van der Waals surface area contributed by atoms with Crippen molar-refractivity contribution in [3.63, 3.8) is 0 Å². The van der Waals surface area contributed by atoms with Gasteiger partial charge in [-0.05, 0) is 0 Å². The van der Waals surface area contributed by atoms with E-state index in [0.29, 0.717) is 13.2 Å². The molecule has 1 aliphatic heterocycles. The van der Waals surface area contributed by atoms with Crippen molar-refractivity contribution in [1.29, 1.82) is 0 Å². The number of nitrogens with zero attached hydrogens (tertiary/aromatic N) is 5. The van der Waals surface area contributed by atoms with Gasteiger partial charge in [0.25, 0.3) is 0 Å². The van der Waals surface area contributed by atoms with Crippen LogP contribution in [0.25, 0.3) is 0 Å². The largest absolute Gasteiger partial charge is 0.444 e. The van der Waals surface area contributed by atoms with Gasteiger partial charge in [0.15, 0.2) is 0 Å². The lowest BCUT2D eigenvalue weighted by molar-refractivity contribution is -0.0424. The van der Waals surface area contributed by atoms with E-state index >= 15 is 0 Å². The number of hydrogen-bond acceptors (Lipinski definition) is 6. The standard InChI is InChI=1S/C15H23N5O2/c1-15(2,3)13-6-17-14(22-13)9-19-4-5-21-12(7-19)8-20-11-16-10-18-20/h6,10-12H,4-5,7-9H2,1-3H3. The third kappa shape index (κ3) is 3.72. The first-order chi connectivity index (χ1) is 10.5. The van der Waals surface area contributed by atoms with Gasteiger partial charge in [0.1, 0.15) is 18.4 Å². The van der Waals surface area contributed by atoms with Crippen LogP contribution in [-0.4, -0.2) is 50.4 Å². The maximum Gasteiger partial charge on any atom is 0.208 e. The summed E-state index contributed by atoms with van der Waals surface area (Å²) in [6.07, 6.45) is 5.21. The summed E-state index contributed by atoms with van der Waals surface area (Å²) in [6, 6.07) is 0. The number of ether oxygens (including phenoxy) is 1. The molecule has 3 heterocycles. The van der Waals surface area contributed by atoms with Crippen molar-refractivity contribution in [2.45, 2.75) is 45.4 Å². The second-order valence-corrected chi connectivity index (χ2v) is 6.71. The highest BCUT2D eigenvalue weighted by Crippen LogP contribution is 2.23. The summed E-state index contributed by atoms with van der Waals surface area (Å²) in [5.74, 6) is 1.70. The van der Waals surface area contributed by atoms with Crippen LogP contribution in [0, 0.1) is 0 Å². The zero-order valence-corrected chi connectivity index (χ0v) is 13.4. The highest BCUT2D eigenvalue weighted by atomic mass is 16.5. The molecule has 7 nitrogen and oxygen atoms in total. The van der Waals surface area contributed by atoms with Gasteiger partial charge < -0.3 is 9.15 Å². The van der Waals surface area contributed by atoms with E-state index in [2.05, 4.69) is 40.7 Å². The van der Waals surface area contributed by atoms with Crippen LogP contribution in [0.2, 0.25) is 0 Å². The summed E-state index contributed by atoms with van der Waals surface area (Å²) in [7, 11) is 0. The van der Waals surface area contributed by atoms with Gasteiger partial charge in [-0.25, -0.2) is 9.97 Å². The number of hydrogen-bond donors (Lipinski definition) is 0. The summed E-state index contributed by atoms with van der Waals surface area (Å²) >= 11 is 0. The van der Waals surface area contributed by atoms with Crippen molar-refractivity contribution >= 4 is 0 Å². The minimum Gasteiger partial charge on any atom is -0.444 e. The number of morpholine rings is 1. The van der Waals surface area contributed by atoms with Crippen molar-refractivity contribution in [2.75, 3.05) is 19.7 Å². The fourth-order valence-corrected chi connectivity index (χ4v) is 2.49. The quantitative estimate of drug-likeness (QED) is 0.852. The monoisotopic (exact) mass is 305 g/mol. The Morgan fingerprint density at radius 1 is 1.36 bits per heavy atom. The lowest BCUT2D eigenvalue weighted by Gasteiger charge is -2.31. The third-order valence-corrected chi connectivity index (χ3v) is 3.73. The molecule has 1 unspecified atom stereocenters. The number of rotatable bonds is 4. The molecule has 0 bridgehead atoms. The molecule has 2 aromatic rings. The summed E-state index contributed by atoms with van der Waals surface area (Å²) < 4.78 is 13.5. The molecule has 2 aromatic heterocycles. The SMILES string of the molecule is CC(C)(C)c1cnc(CN2CCOC(Cn3cncn3)C2)o1. The first-order valence-corrected chi connectivity index (χ1v) is 7.62. The Hall–Kier alpha value is -1.73. The van der Waals surface area contributed by atoms with Gasteiger partial charge in [0, 0.05) is 18.5 Å². The lowest BCUT2D eigenvalue weighted by Crippen LogP contribution is -2.43. The minimum absolute atomic E-state index is 0.00805. The van der Waals surface area contributed by atoms with Crippen LogP contribution in [0.15, 0.2) is 23.3 Å². The Bertz CT molecular complexity index is 587.